The third-order valence-electron chi connectivity index (χ3n) is 4.30. The monoisotopic (exact) mass is 255 g/mol. The molecule has 1 rings (SSSR count). The summed E-state index contributed by atoms with van der Waals surface area (Å²) >= 11 is 0. The van der Waals surface area contributed by atoms with E-state index in [1.165, 1.54) is 44.9 Å². The summed E-state index contributed by atoms with van der Waals surface area (Å²) in [6, 6.07) is 0.511. The molecule has 1 aliphatic carbocycles. The summed E-state index contributed by atoms with van der Waals surface area (Å²) in [5.74, 6) is 0. The highest BCUT2D eigenvalue weighted by atomic mass is 16.5. The largest absolute Gasteiger partial charge is 0.374 e. The molecule has 2 nitrogen and oxygen atoms in total. The van der Waals surface area contributed by atoms with E-state index in [0.717, 1.165) is 6.61 Å². The zero-order valence-electron chi connectivity index (χ0n) is 13.1. The fourth-order valence-electron chi connectivity index (χ4n) is 3.28. The Labute approximate surface area is 114 Å². The van der Waals surface area contributed by atoms with Gasteiger partial charge in [0.2, 0.25) is 0 Å². The van der Waals surface area contributed by atoms with Crippen LogP contribution in [0.3, 0.4) is 0 Å². The minimum atomic E-state index is 0.104. The molecule has 18 heavy (non-hydrogen) atoms. The van der Waals surface area contributed by atoms with Gasteiger partial charge >= 0.3 is 0 Å². The molecule has 0 radical (unpaired) electrons. The quantitative estimate of drug-likeness (QED) is 0.770. The summed E-state index contributed by atoms with van der Waals surface area (Å²) in [4.78, 5) is 0. The predicted octanol–water partition coefficient (Wildman–Crippen LogP) is 4.14. The first-order valence-corrected chi connectivity index (χ1v) is 7.75. The van der Waals surface area contributed by atoms with Crippen molar-refractivity contribution >= 4 is 0 Å². The number of nitrogens with one attached hydrogen (secondary N) is 1. The van der Waals surface area contributed by atoms with E-state index in [1.54, 1.807) is 0 Å². The first-order valence-electron chi connectivity index (χ1n) is 7.75. The van der Waals surface area contributed by atoms with E-state index >= 15 is 0 Å². The Morgan fingerprint density at radius 2 is 1.78 bits per heavy atom. The fourth-order valence-corrected chi connectivity index (χ4v) is 3.28. The van der Waals surface area contributed by atoms with Gasteiger partial charge in [0, 0.05) is 12.6 Å². The van der Waals surface area contributed by atoms with Crippen molar-refractivity contribution in [3.05, 3.63) is 0 Å². The summed E-state index contributed by atoms with van der Waals surface area (Å²) in [7, 11) is 2.10. The summed E-state index contributed by atoms with van der Waals surface area (Å²) < 4.78 is 6.23. The van der Waals surface area contributed by atoms with Crippen LogP contribution in [0.25, 0.3) is 0 Å². The molecule has 0 saturated heterocycles. The van der Waals surface area contributed by atoms with Gasteiger partial charge in [-0.25, -0.2) is 0 Å². The summed E-state index contributed by atoms with van der Waals surface area (Å²) in [6.07, 6.45) is 8.98. The van der Waals surface area contributed by atoms with Gasteiger partial charge in [0.25, 0.3) is 0 Å². The normalized spacial score (nSPS) is 21.8. The van der Waals surface area contributed by atoms with Gasteiger partial charge in [-0.3, -0.25) is 0 Å². The van der Waals surface area contributed by atoms with Gasteiger partial charge in [-0.2, -0.15) is 0 Å². The van der Waals surface area contributed by atoms with Gasteiger partial charge in [-0.05, 0) is 45.1 Å². The van der Waals surface area contributed by atoms with Crippen LogP contribution in [0.1, 0.15) is 72.6 Å². The summed E-state index contributed by atoms with van der Waals surface area (Å²) in [5, 5.41) is 3.54. The minimum Gasteiger partial charge on any atom is -0.374 e. The van der Waals surface area contributed by atoms with E-state index in [9.17, 15) is 0 Å². The van der Waals surface area contributed by atoms with Crippen LogP contribution in [0.5, 0.6) is 0 Å². The molecule has 0 aromatic heterocycles. The molecule has 0 aliphatic heterocycles. The van der Waals surface area contributed by atoms with Crippen LogP contribution in [0, 0.1) is 5.41 Å². The van der Waals surface area contributed by atoms with Gasteiger partial charge in [-0.15, -0.1) is 0 Å². The van der Waals surface area contributed by atoms with E-state index in [2.05, 4.69) is 40.1 Å². The number of hydrogen-bond acceptors (Lipinski definition) is 2. The van der Waals surface area contributed by atoms with Crippen LogP contribution in [-0.4, -0.2) is 25.3 Å². The Morgan fingerprint density at radius 1 is 1.17 bits per heavy atom. The maximum atomic E-state index is 6.23. The van der Waals surface area contributed by atoms with Crippen LogP contribution >= 0.6 is 0 Å². The molecule has 1 atom stereocenters. The van der Waals surface area contributed by atoms with Gasteiger partial charge in [0.15, 0.2) is 0 Å². The van der Waals surface area contributed by atoms with Gasteiger partial charge in [0.1, 0.15) is 0 Å². The highest BCUT2D eigenvalue weighted by Crippen LogP contribution is 2.37. The lowest BCUT2D eigenvalue weighted by atomic mass is 9.75. The lowest BCUT2D eigenvalue weighted by Crippen LogP contribution is -2.53. The molecule has 1 saturated carbocycles. The molecule has 1 aliphatic rings. The lowest BCUT2D eigenvalue weighted by Gasteiger charge is -2.44. The van der Waals surface area contributed by atoms with E-state index in [4.69, 9.17) is 4.74 Å². The third kappa shape index (κ3) is 4.55. The molecule has 1 unspecified atom stereocenters. The SMILES string of the molecule is CCOC1(C(CCC(C)(C)C)NC)CCCCC1. The van der Waals surface area contributed by atoms with Crippen molar-refractivity contribution in [1.29, 1.82) is 0 Å². The molecule has 0 aromatic rings. The molecule has 0 amide bonds. The van der Waals surface area contributed by atoms with Crippen LogP contribution in [0.15, 0.2) is 0 Å². The smallest absolute Gasteiger partial charge is 0.0834 e. The van der Waals surface area contributed by atoms with Crippen LogP contribution in [0.4, 0.5) is 0 Å². The number of likely N-dealkylation sites (N-methyl/N-ethyl adjacent to an activating group) is 1. The number of ether oxygens (including phenoxy) is 1. The van der Waals surface area contributed by atoms with Gasteiger partial charge in [-0.1, -0.05) is 40.0 Å². The minimum absolute atomic E-state index is 0.104. The summed E-state index contributed by atoms with van der Waals surface area (Å²) in [6.45, 7) is 9.95. The molecular weight excluding hydrogens is 222 g/mol. The van der Waals surface area contributed by atoms with Crippen LogP contribution in [0.2, 0.25) is 0 Å². The van der Waals surface area contributed by atoms with Crippen molar-refractivity contribution < 1.29 is 4.74 Å². The van der Waals surface area contributed by atoms with Gasteiger partial charge < -0.3 is 10.1 Å². The first kappa shape index (κ1) is 16.0. The first-order chi connectivity index (χ1) is 8.43. The average Bonchev–Trinajstić information content (AvgIpc) is 2.30. The Hall–Kier alpha value is -0.0800. The van der Waals surface area contributed by atoms with Crippen molar-refractivity contribution in [3.8, 4) is 0 Å². The zero-order chi connectivity index (χ0) is 13.6. The Balaban J connectivity index is 2.67. The Bertz CT molecular complexity index is 220. The molecule has 0 heterocycles. The topological polar surface area (TPSA) is 21.3 Å². The highest BCUT2D eigenvalue weighted by molar-refractivity contribution is 4.95. The third-order valence-corrected chi connectivity index (χ3v) is 4.30. The van der Waals surface area contributed by atoms with Gasteiger partial charge in [0.05, 0.1) is 5.60 Å². The van der Waals surface area contributed by atoms with E-state index in [-0.39, 0.29) is 5.60 Å². The maximum Gasteiger partial charge on any atom is 0.0834 e. The highest BCUT2D eigenvalue weighted by Gasteiger charge is 2.39. The number of rotatable bonds is 6. The molecule has 2 heteroatoms. The average molecular weight is 255 g/mol. The molecular formula is C16H33NO. The lowest BCUT2D eigenvalue weighted by molar-refractivity contribution is -0.0915. The predicted molar refractivity (Wildman–Crippen MR) is 79.0 cm³/mol. The Morgan fingerprint density at radius 3 is 2.22 bits per heavy atom. The maximum absolute atomic E-state index is 6.23. The second-order valence-corrected chi connectivity index (χ2v) is 7.00. The molecule has 1 fully saturated rings. The standard InChI is InChI=1S/C16H33NO/c1-6-18-16(11-8-7-9-12-16)14(17-5)10-13-15(2,3)4/h14,17H,6-13H2,1-5H3. The van der Waals surface area contributed by atoms with E-state index in [0.29, 0.717) is 11.5 Å². The van der Waals surface area contributed by atoms with Crippen molar-refractivity contribution in [1.82, 2.24) is 5.32 Å². The number of hydrogen-bond donors (Lipinski definition) is 1. The molecule has 0 bridgehead atoms. The molecule has 0 aromatic carbocycles. The van der Waals surface area contributed by atoms with Crippen molar-refractivity contribution in [3.63, 3.8) is 0 Å². The second kappa shape index (κ2) is 6.91. The van der Waals surface area contributed by atoms with E-state index < -0.39 is 0 Å². The molecule has 1 N–H and O–H groups in total. The van der Waals surface area contributed by atoms with Crippen molar-refractivity contribution in [2.24, 2.45) is 5.41 Å². The van der Waals surface area contributed by atoms with Crippen molar-refractivity contribution in [2.45, 2.75) is 84.3 Å². The molecule has 108 valence electrons. The zero-order valence-corrected chi connectivity index (χ0v) is 13.1. The van der Waals surface area contributed by atoms with Crippen LogP contribution < -0.4 is 5.32 Å². The van der Waals surface area contributed by atoms with E-state index in [1.807, 2.05) is 0 Å². The summed E-state index contributed by atoms with van der Waals surface area (Å²) in [5.41, 5.74) is 0.518. The Kier molecular flexibility index (Phi) is 6.13. The molecule has 0 spiro atoms. The fraction of sp³-hybridized carbons (Fsp3) is 1.00. The van der Waals surface area contributed by atoms with Crippen LogP contribution in [-0.2, 0) is 4.74 Å². The van der Waals surface area contributed by atoms with Crippen molar-refractivity contribution in [2.75, 3.05) is 13.7 Å². The second-order valence-electron chi connectivity index (χ2n) is 7.00.